The number of esters is 1. The predicted molar refractivity (Wildman–Crippen MR) is 113 cm³/mol. The quantitative estimate of drug-likeness (QED) is 0.780. The molecule has 2 aliphatic rings. The first-order chi connectivity index (χ1) is 13.0. The first-order valence-corrected chi connectivity index (χ1v) is 9.95. The smallest absolute Gasteiger partial charge is 0.326 e. The van der Waals surface area contributed by atoms with Crippen molar-refractivity contribution in [1.82, 2.24) is 4.57 Å². The molecule has 1 aliphatic carbocycles. The molecule has 28 heavy (non-hydrogen) atoms. The van der Waals surface area contributed by atoms with Crippen molar-refractivity contribution in [2.45, 2.75) is 73.5 Å². The van der Waals surface area contributed by atoms with Crippen LogP contribution in [0.15, 0.2) is 10.9 Å². The van der Waals surface area contributed by atoms with Gasteiger partial charge in [-0.05, 0) is 39.7 Å². The van der Waals surface area contributed by atoms with Crippen molar-refractivity contribution >= 4 is 23.3 Å². The van der Waals surface area contributed by atoms with Gasteiger partial charge in [-0.2, -0.15) is 0 Å². The number of nitrogens with zero attached hydrogens (tertiary/aromatic N) is 2. The second kappa shape index (κ2) is 9.75. The van der Waals surface area contributed by atoms with Crippen LogP contribution in [0.1, 0.15) is 60.1 Å². The van der Waals surface area contributed by atoms with E-state index in [0.29, 0.717) is 11.4 Å². The van der Waals surface area contributed by atoms with Crippen molar-refractivity contribution in [1.29, 1.82) is 0 Å². The van der Waals surface area contributed by atoms with Crippen LogP contribution in [-0.4, -0.2) is 35.6 Å². The van der Waals surface area contributed by atoms with Crippen molar-refractivity contribution in [3.05, 3.63) is 22.1 Å². The summed E-state index contributed by atoms with van der Waals surface area (Å²) in [5.41, 5.74) is 0.478. The number of likely N-dealkylation sites (N-methyl/N-ethyl adjacent to an activating group) is 1. The number of anilines is 2. The zero-order chi connectivity index (χ0) is 21.6. The Balaban J connectivity index is 0.000000565. The molecule has 7 heteroatoms. The Kier molecular flexibility index (Phi) is 8.27. The molecule has 1 N–H and O–H groups in total. The number of ether oxygens (including phenoxy) is 1. The Morgan fingerprint density at radius 1 is 1.25 bits per heavy atom. The van der Waals surface area contributed by atoms with Crippen LogP contribution in [-0.2, 0) is 20.9 Å². The van der Waals surface area contributed by atoms with Crippen molar-refractivity contribution in [3.63, 3.8) is 0 Å². The maximum atomic E-state index is 12.5. The number of amides is 1. The fourth-order valence-corrected chi connectivity index (χ4v) is 2.52. The molecule has 1 aromatic rings. The molecule has 0 radical (unpaired) electrons. The van der Waals surface area contributed by atoms with Gasteiger partial charge in [0.25, 0.3) is 5.56 Å². The molecule has 7 nitrogen and oxygen atoms in total. The van der Waals surface area contributed by atoms with Gasteiger partial charge in [0.05, 0.1) is 12.2 Å². The number of carbonyl (C=O) groups is 2. The van der Waals surface area contributed by atoms with Gasteiger partial charge in [-0.3, -0.25) is 19.0 Å². The van der Waals surface area contributed by atoms with E-state index in [4.69, 9.17) is 4.74 Å². The van der Waals surface area contributed by atoms with Gasteiger partial charge in [0.1, 0.15) is 17.8 Å². The number of nitrogens with one attached hydrogen (secondary N) is 1. The average molecular weight is 394 g/mol. The third-order valence-electron chi connectivity index (χ3n) is 4.12. The van der Waals surface area contributed by atoms with Crippen LogP contribution >= 0.6 is 0 Å². The van der Waals surface area contributed by atoms with E-state index in [1.165, 1.54) is 17.4 Å². The van der Waals surface area contributed by atoms with E-state index in [1.807, 2.05) is 13.8 Å². The minimum Gasteiger partial charge on any atom is -0.459 e. The van der Waals surface area contributed by atoms with Crippen LogP contribution < -0.4 is 15.8 Å². The SMILES string of the molecule is CC.CC1CC1.Cc1cc2c(c(=O)n1CC(=O)OC(C)(C)C)NC(=O)CN2C. The van der Waals surface area contributed by atoms with Crippen molar-refractivity contribution < 1.29 is 14.3 Å². The number of pyridine rings is 1. The van der Waals surface area contributed by atoms with E-state index in [2.05, 4.69) is 12.2 Å². The summed E-state index contributed by atoms with van der Waals surface area (Å²) in [7, 11) is 1.74. The number of rotatable bonds is 2. The van der Waals surface area contributed by atoms with E-state index >= 15 is 0 Å². The van der Waals surface area contributed by atoms with Crippen LogP contribution in [0.25, 0.3) is 0 Å². The lowest BCUT2D eigenvalue weighted by molar-refractivity contribution is -0.155. The van der Waals surface area contributed by atoms with E-state index in [0.717, 1.165) is 5.92 Å². The molecule has 0 unspecified atom stereocenters. The van der Waals surface area contributed by atoms with Gasteiger partial charge in [-0.1, -0.05) is 33.6 Å². The highest BCUT2D eigenvalue weighted by molar-refractivity contribution is 6.00. The van der Waals surface area contributed by atoms with Crippen LogP contribution in [0.5, 0.6) is 0 Å². The van der Waals surface area contributed by atoms with E-state index in [9.17, 15) is 14.4 Å². The fourth-order valence-electron chi connectivity index (χ4n) is 2.52. The first kappa shape index (κ1) is 23.7. The van der Waals surface area contributed by atoms with E-state index in [-0.39, 0.29) is 24.7 Å². The molecule has 0 bridgehead atoms. The first-order valence-electron chi connectivity index (χ1n) is 9.95. The summed E-state index contributed by atoms with van der Waals surface area (Å²) in [4.78, 5) is 37.8. The van der Waals surface area contributed by atoms with Gasteiger partial charge in [0.15, 0.2) is 0 Å². The topological polar surface area (TPSA) is 80.6 Å². The largest absolute Gasteiger partial charge is 0.459 e. The maximum absolute atomic E-state index is 12.5. The molecule has 1 aliphatic heterocycles. The summed E-state index contributed by atoms with van der Waals surface area (Å²) in [6, 6.07) is 1.78. The standard InChI is InChI=1S/C15H21N3O4.C4H8.C2H6/c1-9-6-10-13(16-11(19)7-17(10)5)14(21)18(9)8-12(20)22-15(2,3)4;1-4-2-3-4;1-2/h6H,7-8H2,1-5H3,(H,16,19);4H,2-3H2,1H3;1-2H3. The third kappa shape index (κ3) is 7.02. The average Bonchev–Trinajstić information content (AvgIpc) is 3.36. The van der Waals surface area contributed by atoms with Crippen molar-refractivity contribution in [2.24, 2.45) is 5.92 Å². The van der Waals surface area contributed by atoms with Crippen molar-refractivity contribution in [3.8, 4) is 0 Å². The summed E-state index contributed by atoms with van der Waals surface area (Å²) >= 11 is 0. The molecule has 158 valence electrons. The number of hydrogen-bond acceptors (Lipinski definition) is 5. The lowest BCUT2D eigenvalue weighted by Gasteiger charge is -2.28. The van der Waals surface area contributed by atoms with Gasteiger partial charge in [0.2, 0.25) is 5.91 Å². The maximum Gasteiger partial charge on any atom is 0.326 e. The fraction of sp³-hybridized carbons (Fsp3) is 0.667. The second-order valence-corrected chi connectivity index (χ2v) is 8.11. The Morgan fingerprint density at radius 2 is 1.79 bits per heavy atom. The molecule has 0 atom stereocenters. The van der Waals surface area contributed by atoms with Crippen LogP contribution in [0.2, 0.25) is 0 Å². The molecule has 0 aromatic carbocycles. The molecule has 1 aromatic heterocycles. The highest BCUT2D eigenvalue weighted by Crippen LogP contribution is 2.27. The zero-order valence-corrected chi connectivity index (χ0v) is 18.5. The Hall–Kier alpha value is -2.31. The number of carbonyl (C=O) groups excluding carboxylic acids is 2. The van der Waals surface area contributed by atoms with Crippen molar-refractivity contribution in [2.75, 3.05) is 23.8 Å². The summed E-state index contributed by atoms with van der Waals surface area (Å²) in [6.45, 7) is 13.3. The molecule has 1 fully saturated rings. The van der Waals surface area contributed by atoms with Gasteiger partial charge >= 0.3 is 5.97 Å². The van der Waals surface area contributed by atoms with E-state index in [1.54, 1.807) is 45.7 Å². The van der Waals surface area contributed by atoms with Crippen LogP contribution in [0.4, 0.5) is 11.4 Å². The Labute approximate surface area is 168 Å². The third-order valence-corrected chi connectivity index (χ3v) is 4.12. The highest BCUT2D eigenvalue weighted by Gasteiger charge is 2.25. The normalized spacial score (nSPS) is 15.3. The highest BCUT2D eigenvalue weighted by atomic mass is 16.6. The van der Waals surface area contributed by atoms with Gasteiger partial charge in [-0.25, -0.2) is 0 Å². The van der Waals surface area contributed by atoms with Gasteiger partial charge < -0.3 is 15.0 Å². The molecule has 0 saturated heterocycles. The second-order valence-electron chi connectivity index (χ2n) is 8.11. The number of aromatic nitrogens is 1. The molecule has 3 rings (SSSR count). The molecule has 0 spiro atoms. The predicted octanol–water partition coefficient (Wildman–Crippen LogP) is 3.33. The number of aryl methyl sites for hydroxylation is 1. The summed E-state index contributed by atoms with van der Waals surface area (Å²) < 4.78 is 6.55. The minimum atomic E-state index is -0.614. The number of fused-ring (bicyclic) bond motifs is 1. The summed E-state index contributed by atoms with van der Waals surface area (Å²) in [5.74, 6) is 0.341. The molecular formula is C21H35N3O4. The monoisotopic (exact) mass is 393 g/mol. The Bertz CT molecular complexity index is 758. The molecule has 1 saturated carbocycles. The zero-order valence-electron chi connectivity index (χ0n) is 18.5. The van der Waals surface area contributed by atoms with Crippen LogP contribution in [0.3, 0.4) is 0 Å². The summed E-state index contributed by atoms with van der Waals surface area (Å²) in [6.07, 6.45) is 2.97. The van der Waals surface area contributed by atoms with Crippen LogP contribution in [0, 0.1) is 12.8 Å². The van der Waals surface area contributed by atoms with E-state index < -0.39 is 17.1 Å². The van der Waals surface area contributed by atoms with Gasteiger partial charge in [0, 0.05) is 12.7 Å². The van der Waals surface area contributed by atoms with Gasteiger partial charge in [-0.15, -0.1) is 0 Å². The lowest BCUT2D eigenvalue weighted by atomic mass is 10.2. The minimum absolute atomic E-state index is 0.186. The molecule has 1 amide bonds. The molecular weight excluding hydrogens is 358 g/mol. The number of hydrogen-bond donors (Lipinski definition) is 1. The summed E-state index contributed by atoms with van der Waals surface area (Å²) in [5, 5.41) is 2.58. The Morgan fingerprint density at radius 3 is 2.25 bits per heavy atom. The lowest BCUT2D eigenvalue weighted by Crippen LogP contribution is -2.41. The molecule has 2 heterocycles.